The summed E-state index contributed by atoms with van der Waals surface area (Å²) in [6, 6.07) is 3.93. The molecular weight excluding hydrogens is 310 g/mol. The first-order valence-electron chi connectivity index (χ1n) is 8.38. The molecule has 0 radical (unpaired) electrons. The van der Waals surface area contributed by atoms with Crippen LogP contribution in [0.15, 0.2) is 24.3 Å². The molecule has 1 fully saturated rings. The van der Waals surface area contributed by atoms with Crippen LogP contribution in [0.25, 0.3) is 0 Å². The van der Waals surface area contributed by atoms with E-state index in [2.05, 4.69) is 12.2 Å². The Balaban J connectivity index is 1.78. The van der Waals surface area contributed by atoms with Crippen LogP contribution in [0.3, 0.4) is 0 Å². The van der Waals surface area contributed by atoms with Crippen molar-refractivity contribution in [2.75, 3.05) is 21.0 Å². The van der Waals surface area contributed by atoms with E-state index in [0.717, 1.165) is 17.5 Å². The van der Waals surface area contributed by atoms with E-state index in [1.165, 1.54) is 0 Å². The first kappa shape index (κ1) is 14.7. The van der Waals surface area contributed by atoms with Gasteiger partial charge in [0.1, 0.15) is 6.04 Å². The minimum atomic E-state index is -0.797. The Bertz CT molecular complexity index is 749. The molecule has 1 aliphatic carbocycles. The summed E-state index contributed by atoms with van der Waals surface area (Å²) in [6.07, 6.45) is 4.20. The predicted molar refractivity (Wildman–Crippen MR) is 84.4 cm³/mol. The number of hydrogen-bond donors (Lipinski definition) is 2. The molecule has 0 amide bonds. The van der Waals surface area contributed by atoms with Gasteiger partial charge < -0.3 is 24.4 Å². The first-order chi connectivity index (χ1) is 11.5. The molecule has 1 saturated heterocycles. The lowest BCUT2D eigenvalue weighted by Gasteiger charge is -2.51. The molecule has 2 bridgehead atoms. The maximum atomic E-state index is 11.2. The van der Waals surface area contributed by atoms with E-state index < -0.39 is 12.5 Å². The largest absolute Gasteiger partial charge is 0.454 e. The molecule has 128 valence electrons. The van der Waals surface area contributed by atoms with Crippen LogP contribution < -0.4 is 9.47 Å². The Kier molecular flexibility index (Phi) is 2.77. The van der Waals surface area contributed by atoms with E-state index in [-0.39, 0.29) is 28.8 Å². The number of fused-ring (bicyclic) bond motifs is 2. The fourth-order valence-corrected chi connectivity index (χ4v) is 5.29. The van der Waals surface area contributed by atoms with Crippen molar-refractivity contribution in [1.29, 1.82) is 0 Å². The molecule has 1 aromatic rings. The summed E-state index contributed by atoms with van der Waals surface area (Å²) >= 11 is 0. The molecule has 3 heterocycles. The van der Waals surface area contributed by atoms with Crippen LogP contribution in [0, 0.1) is 0 Å². The van der Waals surface area contributed by atoms with Crippen molar-refractivity contribution in [3.63, 3.8) is 0 Å². The Morgan fingerprint density at radius 2 is 2.00 bits per heavy atom. The second-order valence-corrected chi connectivity index (χ2v) is 7.50. The maximum absolute atomic E-state index is 11.2. The third kappa shape index (κ3) is 1.51. The van der Waals surface area contributed by atoms with Gasteiger partial charge in [-0.05, 0) is 17.7 Å². The molecule has 5 rings (SSSR count). The number of quaternary nitrogens is 1. The van der Waals surface area contributed by atoms with Crippen molar-refractivity contribution in [3.8, 4) is 11.5 Å². The quantitative estimate of drug-likeness (QED) is 0.597. The molecule has 6 heteroatoms. The van der Waals surface area contributed by atoms with Crippen LogP contribution in [-0.4, -0.2) is 54.0 Å². The number of aliphatic hydroxyl groups excluding tert-OH is 2. The summed E-state index contributed by atoms with van der Waals surface area (Å²) < 4.78 is 16.8. The molecule has 6 atom stereocenters. The van der Waals surface area contributed by atoms with E-state index >= 15 is 0 Å². The molecular formula is C18H22NO5+. The van der Waals surface area contributed by atoms with Gasteiger partial charge in [0.15, 0.2) is 17.7 Å². The lowest BCUT2D eigenvalue weighted by molar-refractivity contribution is -1.01. The fraction of sp³-hybridized carbons (Fsp3) is 0.556. The predicted octanol–water partition coefficient (Wildman–Crippen LogP) is 1.17. The second-order valence-electron chi connectivity index (χ2n) is 7.50. The van der Waals surface area contributed by atoms with Crippen molar-refractivity contribution < 1.29 is 28.9 Å². The summed E-state index contributed by atoms with van der Waals surface area (Å²) in [5, 5.41) is 22.0. The number of rotatable bonds is 1. The van der Waals surface area contributed by atoms with Crippen LogP contribution in [0.2, 0.25) is 0 Å². The van der Waals surface area contributed by atoms with Gasteiger partial charge in [-0.3, -0.25) is 4.48 Å². The third-order valence-electron chi connectivity index (χ3n) is 6.65. The van der Waals surface area contributed by atoms with Gasteiger partial charge in [0.05, 0.1) is 18.6 Å². The Hall–Kier alpha value is -1.60. The monoisotopic (exact) mass is 332 g/mol. The zero-order chi connectivity index (χ0) is 16.7. The second kappa shape index (κ2) is 4.52. The highest BCUT2D eigenvalue weighted by molar-refractivity contribution is 5.55. The van der Waals surface area contributed by atoms with Crippen LogP contribution >= 0.6 is 0 Å². The van der Waals surface area contributed by atoms with Crippen molar-refractivity contribution in [2.24, 2.45) is 0 Å². The zero-order valence-corrected chi connectivity index (χ0v) is 13.8. The summed E-state index contributed by atoms with van der Waals surface area (Å²) in [7, 11) is 3.65. The smallest absolute Gasteiger partial charge is 0.231 e. The molecule has 2 N–H and O–H groups in total. The van der Waals surface area contributed by atoms with E-state index in [0.29, 0.717) is 17.9 Å². The van der Waals surface area contributed by atoms with Crippen molar-refractivity contribution in [3.05, 3.63) is 35.4 Å². The standard InChI is InChI=1S/C18H22NO5/c1-19-15-5-10(22-2)3-4-18(15,8-16(19)20)12-7-14-13(23-9-24-14)6-11(12)17(19)21/h3-4,6-7,10,15-17,20-21H,5,8-9H2,1-2H3/q+1/t10-,15+,16-,17-,18+,19-/m1/s1. The van der Waals surface area contributed by atoms with Crippen molar-refractivity contribution >= 4 is 0 Å². The highest BCUT2D eigenvalue weighted by Gasteiger charge is 2.68. The van der Waals surface area contributed by atoms with Crippen molar-refractivity contribution in [2.45, 2.75) is 42.9 Å². The van der Waals surface area contributed by atoms with Gasteiger partial charge in [0.2, 0.25) is 13.0 Å². The van der Waals surface area contributed by atoms with Crippen LogP contribution in [0.1, 0.15) is 30.2 Å². The fourth-order valence-electron chi connectivity index (χ4n) is 5.29. The van der Waals surface area contributed by atoms with E-state index in [9.17, 15) is 10.2 Å². The molecule has 0 saturated carbocycles. The van der Waals surface area contributed by atoms with Crippen molar-refractivity contribution in [1.82, 2.24) is 0 Å². The summed E-state index contributed by atoms with van der Waals surface area (Å²) in [6.45, 7) is 0.209. The lowest BCUT2D eigenvalue weighted by atomic mass is 9.65. The van der Waals surface area contributed by atoms with Gasteiger partial charge in [-0.25, -0.2) is 0 Å². The summed E-state index contributed by atoms with van der Waals surface area (Å²) in [4.78, 5) is 0. The van der Waals surface area contributed by atoms with E-state index in [1.54, 1.807) is 7.11 Å². The Morgan fingerprint density at radius 1 is 1.25 bits per heavy atom. The SMILES string of the molecule is CO[C@@H]1C=C[C@]23C[C@@H](O)[N@+](C)([C@H](O)c4cc5c(cc42)OCO5)[C@H]3C1. The van der Waals surface area contributed by atoms with Gasteiger partial charge in [-0.2, -0.15) is 0 Å². The molecule has 0 unspecified atom stereocenters. The van der Waals surface area contributed by atoms with Crippen LogP contribution in [0.5, 0.6) is 11.5 Å². The molecule has 24 heavy (non-hydrogen) atoms. The number of ether oxygens (including phenoxy) is 3. The van der Waals surface area contributed by atoms with Gasteiger partial charge in [0, 0.05) is 25.5 Å². The lowest BCUT2D eigenvalue weighted by Crippen LogP contribution is -2.62. The third-order valence-corrected chi connectivity index (χ3v) is 6.65. The highest BCUT2D eigenvalue weighted by atomic mass is 16.7. The molecule has 0 spiro atoms. The normalized spacial score (nSPS) is 44.3. The number of methoxy groups -OCH3 is 1. The molecule has 3 aliphatic heterocycles. The summed E-state index contributed by atoms with van der Waals surface area (Å²) in [5.74, 6) is 1.38. The summed E-state index contributed by atoms with van der Waals surface area (Å²) in [5.41, 5.74) is 1.57. The molecule has 0 aromatic heterocycles. The van der Waals surface area contributed by atoms with Gasteiger partial charge >= 0.3 is 0 Å². The minimum Gasteiger partial charge on any atom is -0.454 e. The average Bonchev–Trinajstić information content (AvgIpc) is 3.12. The van der Waals surface area contributed by atoms with E-state index in [4.69, 9.17) is 14.2 Å². The molecule has 6 nitrogen and oxygen atoms in total. The Labute approximate surface area is 140 Å². The highest BCUT2D eigenvalue weighted by Crippen LogP contribution is 2.61. The maximum Gasteiger partial charge on any atom is 0.231 e. The molecule has 1 aromatic carbocycles. The van der Waals surface area contributed by atoms with Gasteiger partial charge in [-0.1, -0.05) is 12.2 Å². The van der Waals surface area contributed by atoms with Crippen LogP contribution in [0.4, 0.5) is 0 Å². The number of nitrogens with zero attached hydrogens (tertiary/aromatic N) is 1. The van der Waals surface area contributed by atoms with Gasteiger partial charge in [0.25, 0.3) is 0 Å². The molecule has 4 aliphatic rings. The minimum absolute atomic E-state index is 0.00800. The number of likely N-dealkylation sites (N-methyl/N-ethyl adjacent to an activating group) is 1. The first-order valence-corrected chi connectivity index (χ1v) is 8.38. The number of hydrogen-bond acceptors (Lipinski definition) is 5. The zero-order valence-electron chi connectivity index (χ0n) is 13.8. The van der Waals surface area contributed by atoms with E-state index in [1.807, 2.05) is 19.2 Å². The number of benzene rings is 1. The topological polar surface area (TPSA) is 68.2 Å². The number of aliphatic hydroxyl groups is 2. The Morgan fingerprint density at radius 3 is 2.75 bits per heavy atom. The average molecular weight is 332 g/mol. The van der Waals surface area contributed by atoms with Crippen LogP contribution in [-0.2, 0) is 10.2 Å². The van der Waals surface area contributed by atoms with Gasteiger partial charge in [-0.15, -0.1) is 0 Å².